The van der Waals surface area contributed by atoms with Crippen LogP contribution in [0.2, 0.25) is 0 Å². The van der Waals surface area contributed by atoms with Gasteiger partial charge in [0.25, 0.3) is 0 Å². The third-order valence-electron chi connectivity index (χ3n) is 9.45. The Hall–Kier alpha value is -6.43. The molecule has 0 aliphatic heterocycles. The van der Waals surface area contributed by atoms with Crippen LogP contribution in [-0.2, 0) is 0 Å². The fourth-order valence-electron chi connectivity index (χ4n) is 7.23. The smallest absolute Gasteiger partial charge is 0.164 e. The largest absolute Gasteiger partial charge is 0.309 e. The van der Waals surface area contributed by atoms with E-state index in [1.54, 1.807) is 0 Å². The molecule has 0 aliphatic rings. The minimum absolute atomic E-state index is 0.657. The van der Waals surface area contributed by atoms with Crippen molar-refractivity contribution in [3.63, 3.8) is 0 Å². The van der Waals surface area contributed by atoms with E-state index < -0.39 is 0 Å². The predicted molar refractivity (Wildman–Crippen MR) is 209 cm³/mol. The first kappa shape index (κ1) is 28.6. The molecule has 50 heavy (non-hydrogen) atoms. The topological polar surface area (TPSA) is 43.6 Å². The first-order chi connectivity index (χ1) is 24.8. The van der Waals surface area contributed by atoms with Crippen molar-refractivity contribution >= 4 is 53.3 Å². The number of thiophene rings is 1. The summed E-state index contributed by atoms with van der Waals surface area (Å²) in [4.78, 5) is 15.0. The zero-order valence-electron chi connectivity index (χ0n) is 26.9. The van der Waals surface area contributed by atoms with Crippen LogP contribution in [0, 0.1) is 0 Å². The fourth-order valence-corrected chi connectivity index (χ4v) is 8.34. The van der Waals surface area contributed by atoms with Crippen LogP contribution < -0.4 is 0 Å². The highest BCUT2D eigenvalue weighted by molar-refractivity contribution is 7.26. The van der Waals surface area contributed by atoms with Crippen molar-refractivity contribution in [1.82, 2.24) is 19.5 Å². The first-order valence-corrected chi connectivity index (χ1v) is 17.5. The van der Waals surface area contributed by atoms with Crippen molar-refractivity contribution in [2.75, 3.05) is 0 Å². The Bertz CT molecular complexity index is 2800. The lowest BCUT2D eigenvalue weighted by atomic mass is 9.95. The summed E-state index contributed by atoms with van der Waals surface area (Å²) in [6, 6.07) is 59.7. The molecule has 0 saturated carbocycles. The maximum atomic E-state index is 5.04. The molecule has 0 atom stereocenters. The summed E-state index contributed by atoms with van der Waals surface area (Å²) in [5, 5.41) is 4.95. The highest BCUT2D eigenvalue weighted by Gasteiger charge is 2.20. The molecule has 0 bridgehead atoms. The number of rotatable bonds is 5. The summed E-state index contributed by atoms with van der Waals surface area (Å²) in [7, 11) is 0. The Labute approximate surface area is 292 Å². The average molecular weight is 657 g/mol. The van der Waals surface area contributed by atoms with E-state index in [4.69, 9.17) is 15.0 Å². The highest BCUT2D eigenvalue weighted by Crippen LogP contribution is 2.45. The zero-order chi connectivity index (χ0) is 33.0. The maximum absolute atomic E-state index is 5.04. The second kappa shape index (κ2) is 11.6. The number of para-hydroxylation sites is 2. The second-order valence-electron chi connectivity index (χ2n) is 12.4. The van der Waals surface area contributed by atoms with Gasteiger partial charge in [-0.2, -0.15) is 0 Å². The van der Waals surface area contributed by atoms with Crippen molar-refractivity contribution < 1.29 is 0 Å². The number of aromatic nitrogens is 4. The molecular formula is C45H28N4S. The average Bonchev–Trinajstić information content (AvgIpc) is 3.74. The van der Waals surface area contributed by atoms with Gasteiger partial charge in [0.2, 0.25) is 0 Å². The zero-order valence-corrected chi connectivity index (χ0v) is 27.7. The molecule has 7 aromatic carbocycles. The molecule has 4 nitrogen and oxygen atoms in total. The lowest BCUT2D eigenvalue weighted by molar-refractivity contribution is 1.07. The van der Waals surface area contributed by atoms with Crippen LogP contribution in [0.15, 0.2) is 170 Å². The van der Waals surface area contributed by atoms with E-state index in [2.05, 4.69) is 114 Å². The number of nitrogens with zero attached hydrogens (tertiary/aromatic N) is 4. The summed E-state index contributed by atoms with van der Waals surface area (Å²) in [6.45, 7) is 0. The molecule has 10 rings (SSSR count). The third kappa shape index (κ3) is 4.63. The number of benzene rings is 7. The molecule has 3 heterocycles. The van der Waals surface area contributed by atoms with E-state index in [1.165, 1.54) is 53.1 Å². The molecule has 5 heteroatoms. The van der Waals surface area contributed by atoms with Crippen LogP contribution in [0.5, 0.6) is 0 Å². The minimum atomic E-state index is 0.657. The maximum Gasteiger partial charge on any atom is 0.164 e. The summed E-state index contributed by atoms with van der Waals surface area (Å²) in [6.07, 6.45) is 0. The van der Waals surface area contributed by atoms with Crippen LogP contribution in [0.25, 0.3) is 93.0 Å². The van der Waals surface area contributed by atoms with Gasteiger partial charge in [0, 0.05) is 53.3 Å². The van der Waals surface area contributed by atoms with Gasteiger partial charge in [-0.05, 0) is 59.7 Å². The Morgan fingerprint density at radius 3 is 1.64 bits per heavy atom. The monoisotopic (exact) mass is 656 g/mol. The Morgan fingerprint density at radius 2 is 0.940 bits per heavy atom. The van der Waals surface area contributed by atoms with Crippen molar-refractivity contribution in [3.05, 3.63) is 170 Å². The van der Waals surface area contributed by atoms with Crippen LogP contribution in [0.4, 0.5) is 0 Å². The molecule has 0 unspecified atom stereocenters. The van der Waals surface area contributed by atoms with Gasteiger partial charge in [0.05, 0.1) is 11.0 Å². The second-order valence-corrected chi connectivity index (χ2v) is 13.5. The predicted octanol–water partition coefficient (Wildman–Crippen LogP) is 12.0. The van der Waals surface area contributed by atoms with E-state index >= 15 is 0 Å². The molecule has 0 amide bonds. The number of fused-ring (bicyclic) bond motifs is 6. The highest BCUT2D eigenvalue weighted by atomic mass is 32.1. The first-order valence-electron chi connectivity index (χ1n) is 16.7. The Kier molecular flexibility index (Phi) is 6.64. The number of hydrogen-bond donors (Lipinski definition) is 0. The van der Waals surface area contributed by atoms with E-state index in [-0.39, 0.29) is 0 Å². The molecule has 10 aromatic rings. The normalized spacial score (nSPS) is 11.6. The molecule has 0 saturated heterocycles. The Morgan fingerprint density at radius 1 is 0.380 bits per heavy atom. The summed E-state index contributed by atoms with van der Waals surface area (Å²) >= 11 is 1.83. The lowest BCUT2D eigenvalue weighted by Gasteiger charge is -2.10. The third-order valence-corrected chi connectivity index (χ3v) is 10.6. The van der Waals surface area contributed by atoms with Gasteiger partial charge < -0.3 is 4.57 Å². The SMILES string of the molecule is c1ccc(-c2nc(-c3ccccc3)nc(-c3ccc4sc5cccc(-c6cccc7c6c6ccccc6n7-c6ccccc6)c5c4c3)n2)cc1. The molecule has 0 N–H and O–H groups in total. The molecule has 3 aromatic heterocycles. The van der Waals surface area contributed by atoms with Gasteiger partial charge in [-0.15, -0.1) is 11.3 Å². The molecule has 0 aliphatic carbocycles. The summed E-state index contributed by atoms with van der Waals surface area (Å²) < 4.78 is 4.87. The van der Waals surface area contributed by atoms with Gasteiger partial charge in [0.1, 0.15) is 0 Å². The van der Waals surface area contributed by atoms with Crippen molar-refractivity contribution in [1.29, 1.82) is 0 Å². The van der Waals surface area contributed by atoms with E-state index in [0.29, 0.717) is 17.5 Å². The Balaban J connectivity index is 1.21. The van der Waals surface area contributed by atoms with Crippen LogP contribution in [-0.4, -0.2) is 19.5 Å². The molecule has 0 radical (unpaired) electrons. The van der Waals surface area contributed by atoms with E-state index in [1.807, 2.05) is 72.0 Å². The molecular weight excluding hydrogens is 629 g/mol. The van der Waals surface area contributed by atoms with Crippen molar-refractivity contribution in [2.24, 2.45) is 0 Å². The standard InChI is InChI=1S/C45H28N4S/c1-4-14-29(15-5-1)43-46-44(30-16-6-2-7-17-30)48-45(47-43)31-26-27-39-36(28-31)42-34(22-13-25-40(42)50-39)33-21-12-24-38-41(33)35-20-10-11-23-37(35)49(38)32-18-8-3-9-19-32/h1-28H. The van der Waals surface area contributed by atoms with Gasteiger partial charge in [0.15, 0.2) is 17.5 Å². The van der Waals surface area contributed by atoms with Crippen LogP contribution in [0.1, 0.15) is 0 Å². The summed E-state index contributed by atoms with van der Waals surface area (Å²) in [5.74, 6) is 1.98. The van der Waals surface area contributed by atoms with E-state index in [0.717, 1.165) is 22.4 Å². The van der Waals surface area contributed by atoms with Gasteiger partial charge in [-0.1, -0.05) is 121 Å². The minimum Gasteiger partial charge on any atom is -0.309 e. The van der Waals surface area contributed by atoms with Crippen LogP contribution in [0.3, 0.4) is 0 Å². The van der Waals surface area contributed by atoms with Crippen LogP contribution >= 0.6 is 11.3 Å². The van der Waals surface area contributed by atoms with Crippen molar-refractivity contribution in [2.45, 2.75) is 0 Å². The fraction of sp³-hybridized carbons (Fsp3) is 0. The molecule has 0 spiro atoms. The quantitative estimate of drug-likeness (QED) is 0.185. The van der Waals surface area contributed by atoms with E-state index in [9.17, 15) is 0 Å². The van der Waals surface area contributed by atoms with Gasteiger partial charge in [-0.3, -0.25) is 0 Å². The molecule has 234 valence electrons. The number of hydrogen-bond acceptors (Lipinski definition) is 4. The summed E-state index contributed by atoms with van der Waals surface area (Å²) in [5.41, 5.74) is 8.87. The van der Waals surface area contributed by atoms with Crippen molar-refractivity contribution in [3.8, 4) is 51.0 Å². The molecule has 0 fully saturated rings. The lowest BCUT2D eigenvalue weighted by Crippen LogP contribution is -2.00. The van der Waals surface area contributed by atoms with Gasteiger partial charge >= 0.3 is 0 Å². The van der Waals surface area contributed by atoms with Gasteiger partial charge in [-0.25, -0.2) is 15.0 Å².